The molecule has 2 aliphatic rings. The van der Waals surface area contributed by atoms with Crippen LogP contribution in [0.1, 0.15) is 26.2 Å². The molecule has 20 heavy (non-hydrogen) atoms. The molecule has 1 unspecified atom stereocenters. The summed E-state index contributed by atoms with van der Waals surface area (Å²) in [6.07, 6.45) is 2.14. The summed E-state index contributed by atoms with van der Waals surface area (Å²) in [5.41, 5.74) is 7.96. The molecule has 7 nitrogen and oxygen atoms in total. The summed E-state index contributed by atoms with van der Waals surface area (Å²) < 4.78 is 0. The summed E-state index contributed by atoms with van der Waals surface area (Å²) in [6, 6.07) is 0.0304. The van der Waals surface area contributed by atoms with Crippen molar-refractivity contribution in [2.45, 2.75) is 26.2 Å². The van der Waals surface area contributed by atoms with Gasteiger partial charge in [0.15, 0.2) is 0 Å². The van der Waals surface area contributed by atoms with E-state index >= 15 is 0 Å². The lowest BCUT2D eigenvalue weighted by atomic mass is 9.81. The Morgan fingerprint density at radius 2 is 1.90 bits per heavy atom. The zero-order chi connectivity index (χ0) is 14.9. The van der Waals surface area contributed by atoms with Crippen LogP contribution >= 0.6 is 0 Å². The predicted octanol–water partition coefficient (Wildman–Crippen LogP) is 2.24. The Labute approximate surface area is 118 Å². The van der Waals surface area contributed by atoms with Gasteiger partial charge in [-0.2, -0.15) is 0 Å². The number of hydrogen-bond acceptors (Lipinski definition) is 2. The van der Waals surface area contributed by atoms with Gasteiger partial charge in [-0.15, -0.1) is 0 Å². The minimum absolute atomic E-state index is 0.0304. The largest absolute Gasteiger partial charge is 0.331 e. The second kappa shape index (κ2) is 5.32. The second-order valence-electron chi connectivity index (χ2n) is 6.14. The van der Waals surface area contributed by atoms with Gasteiger partial charge in [0.05, 0.1) is 0 Å². The van der Waals surface area contributed by atoms with E-state index in [0.29, 0.717) is 31.3 Å². The maximum Gasteiger partial charge on any atom is 0.319 e. The smallest absolute Gasteiger partial charge is 0.319 e. The van der Waals surface area contributed by atoms with Crippen molar-refractivity contribution in [3.05, 3.63) is 10.4 Å². The van der Waals surface area contributed by atoms with E-state index in [2.05, 4.69) is 10.0 Å². The van der Waals surface area contributed by atoms with Crippen LogP contribution in [0.25, 0.3) is 10.4 Å². The number of nitrogens with zero attached hydrogens (tertiary/aromatic N) is 5. The first-order valence-corrected chi connectivity index (χ1v) is 6.99. The van der Waals surface area contributed by atoms with Crippen LogP contribution < -0.4 is 0 Å². The fraction of sp³-hybridized carbons (Fsp3) is 0.846. The molecule has 110 valence electrons. The number of urea groups is 1. The molecular formula is C13H21N5O2. The number of hydrogen-bond donors (Lipinski definition) is 0. The van der Waals surface area contributed by atoms with Gasteiger partial charge in [0.1, 0.15) is 0 Å². The van der Waals surface area contributed by atoms with Crippen LogP contribution in [0.15, 0.2) is 5.11 Å². The number of amides is 3. The van der Waals surface area contributed by atoms with Crippen molar-refractivity contribution in [1.82, 2.24) is 9.80 Å². The highest BCUT2D eigenvalue weighted by Gasteiger charge is 2.52. The molecule has 0 radical (unpaired) electrons. The lowest BCUT2D eigenvalue weighted by Crippen LogP contribution is -2.39. The van der Waals surface area contributed by atoms with Gasteiger partial charge in [-0.1, -0.05) is 6.92 Å². The topological polar surface area (TPSA) is 89.4 Å². The van der Waals surface area contributed by atoms with Crippen LogP contribution in [0.4, 0.5) is 4.79 Å². The minimum atomic E-state index is -0.505. The van der Waals surface area contributed by atoms with Gasteiger partial charge in [-0.25, -0.2) is 4.79 Å². The van der Waals surface area contributed by atoms with Crippen molar-refractivity contribution in [2.24, 2.45) is 22.4 Å². The first kappa shape index (κ1) is 14.7. The molecule has 3 amide bonds. The second-order valence-corrected chi connectivity index (χ2v) is 6.14. The van der Waals surface area contributed by atoms with E-state index in [-0.39, 0.29) is 11.9 Å². The van der Waals surface area contributed by atoms with Crippen LogP contribution in [0.5, 0.6) is 0 Å². The normalized spacial score (nSPS) is 31.6. The summed E-state index contributed by atoms with van der Waals surface area (Å²) in [4.78, 5) is 30.1. The zero-order valence-corrected chi connectivity index (χ0v) is 12.2. The Morgan fingerprint density at radius 3 is 2.30 bits per heavy atom. The van der Waals surface area contributed by atoms with Gasteiger partial charge < -0.3 is 9.80 Å². The Morgan fingerprint density at radius 1 is 1.35 bits per heavy atom. The van der Waals surface area contributed by atoms with Gasteiger partial charge in [-0.05, 0) is 41.7 Å². The van der Waals surface area contributed by atoms with Gasteiger partial charge in [0.25, 0.3) is 0 Å². The number of fused-ring (bicyclic) bond motifs is 1. The van der Waals surface area contributed by atoms with E-state index in [1.807, 2.05) is 11.8 Å². The number of carbonyl (C=O) groups excluding carboxylic acids is 2. The van der Waals surface area contributed by atoms with Gasteiger partial charge in [-0.3, -0.25) is 4.79 Å². The average Bonchev–Trinajstić information content (AvgIpc) is 2.93. The van der Waals surface area contributed by atoms with E-state index in [0.717, 1.165) is 12.8 Å². The summed E-state index contributed by atoms with van der Waals surface area (Å²) >= 11 is 0. The molecule has 2 fully saturated rings. The Kier molecular flexibility index (Phi) is 3.90. The lowest BCUT2D eigenvalue weighted by molar-refractivity contribution is -0.127. The zero-order valence-electron chi connectivity index (χ0n) is 12.2. The molecule has 0 spiro atoms. The van der Waals surface area contributed by atoms with Crippen molar-refractivity contribution in [3.63, 3.8) is 0 Å². The summed E-state index contributed by atoms with van der Waals surface area (Å²) in [5.74, 6) is 0.357. The van der Waals surface area contributed by atoms with Crippen LogP contribution in [-0.4, -0.2) is 48.9 Å². The first-order valence-electron chi connectivity index (χ1n) is 6.99. The quantitative estimate of drug-likeness (QED) is 0.440. The van der Waals surface area contributed by atoms with E-state index < -0.39 is 5.41 Å². The molecule has 0 N–H and O–H groups in total. The van der Waals surface area contributed by atoms with Crippen molar-refractivity contribution < 1.29 is 9.59 Å². The third-order valence-electron chi connectivity index (χ3n) is 4.80. The van der Waals surface area contributed by atoms with E-state index in [1.54, 1.807) is 19.0 Å². The van der Waals surface area contributed by atoms with Gasteiger partial charge >= 0.3 is 6.03 Å². The van der Waals surface area contributed by atoms with Crippen LogP contribution in [-0.2, 0) is 4.79 Å². The van der Waals surface area contributed by atoms with E-state index in [9.17, 15) is 9.59 Å². The van der Waals surface area contributed by atoms with E-state index in [1.165, 1.54) is 0 Å². The van der Waals surface area contributed by atoms with Crippen molar-refractivity contribution in [1.29, 1.82) is 0 Å². The lowest BCUT2D eigenvalue weighted by Gasteiger charge is -2.28. The Hall–Kier alpha value is -1.75. The third-order valence-corrected chi connectivity index (χ3v) is 4.80. The maximum absolute atomic E-state index is 12.0. The molecule has 0 aromatic rings. The number of likely N-dealkylation sites (tertiary alicyclic amines) is 1. The molecule has 3 atom stereocenters. The maximum atomic E-state index is 12.0. The molecule has 1 aliphatic carbocycles. The summed E-state index contributed by atoms with van der Waals surface area (Å²) in [6.45, 7) is 3.37. The first-order chi connectivity index (χ1) is 9.43. The number of rotatable bonds is 2. The monoisotopic (exact) mass is 279 g/mol. The fourth-order valence-corrected chi connectivity index (χ4v) is 3.69. The highest BCUT2D eigenvalue weighted by molar-refractivity contribution is 5.84. The highest BCUT2D eigenvalue weighted by atomic mass is 16.2. The molecule has 2 rings (SSSR count). The van der Waals surface area contributed by atoms with Crippen molar-refractivity contribution in [3.8, 4) is 0 Å². The molecular weight excluding hydrogens is 258 g/mol. The molecule has 0 aromatic heterocycles. The summed E-state index contributed by atoms with van der Waals surface area (Å²) in [5, 5.41) is 3.31. The minimum Gasteiger partial charge on any atom is -0.331 e. The molecule has 1 heterocycles. The van der Waals surface area contributed by atoms with Crippen LogP contribution in [0.3, 0.4) is 0 Å². The van der Waals surface area contributed by atoms with Crippen LogP contribution in [0, 0.1) is 17.3 Å². The highest BCUT2D eigenvalue weighted by Crippen LogP contribution is 2.51. The number of azide groups is 1. The summed E-state index contributed by atoms with van der Waals surface area (Å²) in [7, 11) is 3.50. The Balaban J connectivity index is 2.08. The molecule has 1 aliphatic heterocycles. The van der Waals surface area contributed by atoms with Crippen molar-refractivity contribution >= 4 is 11.9 Å². The van der Waals surface area contributed by atoms with Crippen molar-refractivity contribution in [2.75, 3.05) is 27.2 Å². The fourth-order valence-electron chi connectivity index (χ4n) is 3.69. The molecule has 1 saturated heterocycles. The van der Waals surface area contributed by atoms with Gasteiger partial charge in [0.2, 0.25) is 5.91 Å². The standard InChI is InChI=1S/C13H21N5O2/c1-4-13(11(19)15-16-14)5-9-7-18(8-10(9)6-13)12(20)17(2)3/h9-10H,4-8H2,1-3H3/t9-,10+,13?. The van der Waals surface area contributed by atoms with Gasteiger partial charge in [0, 0.05) is 37.5 Å². The van der Waals surface area contributed by atoms with E-state index in [4.69, 9.17) is 5.53 Å². The SMILES string of the molecule is CCC1(C(=O)N=[N+]=[N-])C[C@H]2CN(C(=O)N(C)C)C[C@H]2C1. The molecule has 7 heteroatoms. The van der Waals surface area contributed by atoms with Crippen LogP contribution in [0.2, 0.25) is 0 Å². The molecule has 0 bridgehead atoms. The average molecular weight is 279 g/mol. The third kappa shape index (κ3) is 2.33. The number of carbonyl (C=O) groups is 2. The predicted molar refractivity (Wildman–Crippen MR) is 73.7 cm³/mol. The molecule has 0 aromatic carbocycles. The Bertz CT molecular complexity index is 455. The molecule has 1 saturated carbocycles.